The fourth-order valence-electron chi connectivity index (χ4n) is 3.43. The quantitative estimate of drug-likeness (QED) is 0.776. The van der Waals surface area contributed by atoms with Crippen LogP contribution in [0.1, 0.15) is 43.4 Å². The zero-order valence-corrected chi connectivity index (χ0v) is 15.1. The topological polar surface area (TPSA) is 81.3 Å². The smallest absolute Gasteiger partial charge is 0.303 e. The van der Waals surface area contributed by atoms with Gasteiger partial charge in [-0.2, -0.15) is 5.26 Å². The Morgan fingerprint density at radius 1 is 1.31 bits per heavy atom. The van der Waals surface area contributed by atoms with E-state index in [-0.39, 0.29) is 5.56 Å². The molecule has 1 aromatic heterocycles. The SMILES string of the molecule is CC(=O)OC1C(c2cccn(C)c2=O)c2cc(C#N)ccc2OC1(C)C. The van der Waals surface area contributed by atoms with Crippen LogP contribution in [0.2, 0.25) is 0 Å². The molecule has 2 unspecified atom stereocenters. The minimum atomic E-state index is -0.849. The highest BCUT2D eigenvalue weighted by Gasteiger charge is 2.47. The molecule has 0 saturated carbocycles. The first-order chi connectivity index (χ1) is 12.2. The van der Waals surface area contributed by atoms with Gasteiger partial charge < -0.3 is 14.0 Å². The fraction of sp³-hybridized carbons (Fsp3) is 0.350. The van der Waals surface area contributed by atoms with Crippen LogP contribution in [-0.2, 0) is 16.6 Å². The number of esters is 1. The van der Waals surface area contributed by atoms with Gasteiger partial charge >= 0.3 is 5.97 Å². The molecule has 0 fully saturated rings. The van der Waals surface area contributed by atoms with Gasteiger partial charge in [-0.25, -0.2) is 0 Å². The highest BCUT2D eigenvalue weighted by Crippen LogP contribution is 2.45. The molecule has 1 aromatic carbocycles. The third-order valence-electron chi connectivity index (χ3n) is 4.62. The molecule has 26 heavy (non-hydrogen) atoms. The number of fused-ring (bicyclic) bond motifs is 1. The molecular formula is C20H20N2O4. The fourth-order valence-corrected chi connectivity index (χ4v) is 3.43. The summed E-state index contributed by atoms with van der Waals surface area (Å²) < 4.78 is 13.1. The summed E-state index contributed by atoms with van der Waals surface area (Å²) >= 11 is 0. The maximum absolute atomic E-state index is 12.8. The van der Waals surface area contributed by atoms with Crippen LogP contribution in [0.4, 0.5) is 0 Å². The van der Waals surface area contributed by atoms with Crippen molar-refractivity contribution in [3.8, 4) is 11.8 Å². The number of aromatic nitrogens is 1. The lowest BCUT2D eigenvalue weighted by Crippen LogP contribution is -2.52. The number of carbonyl (C=O) groups excluding carboxylic acids is 1. The van der Waals surface area contributed by atoms with Crippen molar-refractivity contribution in [1.82, 2.24) is 4.57 Å². The van der Waals surface area contributed by atoms with Crippen LogP contribution in [0.3, 0.4) is 0 Å². The third-order valence-corrected chi connectivity index (χ3v) is 4.62. The Morgan fingerprint density at radius 3 is 2.69 bits per heavy atom. The number of rotatable bonds is 2. The second-order valence-corrected chi connectivity index (χ2v) is 6.96. The lowest BCUT2D eigenvalue weighted by molar-refractivity contribution is -0.160. The lowest BCUT2D eigenvalue weighted by atomic mass is 9.77. The number of aryl methyl sites for hydroxylation is 1. The van der Waals surface area contributed by atoms with Crippen molar-refractivity contribution in [3.05, 3.63) is 63.6 Å². The van der Waals surface area contributed by atoms with Crippen molar-refractivity contribution < 1.29 is 14.3 Å². The van der Waals surface area contributed by atoms with E-state index in [1.165, 1.54) is 11.5 Å². The van der Waals surface area contributed by atoms with Crippen molar-refractivity contribution in [2.75, 3.05) is 0 Å². The Bertz CT molecular complexity index is 969. The van der Waals surface area contributed by atoms with Gasteiger partial charge in [-0.3, -0.25) is 9.59 Å². The number of hydrogen-bond acceptors (Lipinski definition) is 5. The first kappa shape index (κ1) is 17.7. The van der Waals surface area contributed by atoms with Crippen LogP contribution in [0.15, 0.2) is 41.3 Å². The molecule has 0 saturated heterocycles. The molecule has 0 radical (unpaired) electrons. The molecular weight excluding hydrogens is 332 g/mol. The molecule has 3 rings (SSSR count). The van der Waals surface area contributed by atoms with Crippen LogP contribution >= 0.6 is 0 Å². The second-order valence-electron chi connectivity index (χ2n) is 6.96. The third kappa shape index (κ3) is 2.97. The lowest BCUT2D eigenvalue weighted by Gasteiger charge is -2.44. The Hall–Kier alpha value is -3.07. The Balaban J connectivity index is 2.30. The molecule has 6 heteroatoms. The molecule has 2 atom stereocenters. The number of benzene rings is 1. The number of hydrogen-bond donors (Lipinski definition) is 0. The molecule has 0 aliphatic carbocycles. The van der Waals surface area contributed by atoms with Gasteiger partial charge in [-0.05, 0) is 38.1 Å². The Labute approximate surface area is 151 Å². The molecule has 2 aromatic rings. The minimum Gasteiger partial charge on any atom is -0.484 e. The number of ether oxygens (including phenoxy) is 2. The summed E-state index contributed by atoms with van der Waals surface area (Å²) in [5.41, 5.74) is 0.581. The van der Waals surface area contributed by atoms with Gasteiger partial charge in [0.05, 0.1) is 17.6 Å². The van der Waals surface area contributed by atoms with Crippen LogP contribution in [0.25, 0.3) is 0 Å². The van der Waals surface area contributed by atoms with E-state index in [4.69, 9.17) is 9.47 Å². The zero-order valence-electron chi connectivity index (χ0n) is 15.1. The van der Waals surface area contributed by atoms with Crippen molar-refractivity contribution in [2.45, 2.75) is 38.4 Å². The Morgan fingerprint density at radius 2 is 2.04 bits per heavy atom. The average Bonchev–Trinajstić information content (AvgIpc) is 2.57. The summed E-state index contributed by atoms with van der Waals surface area (Å²) in [6.45, 7) is 4.97. The molecule has 2 heterocycles. The molecule has 1 aliphatic rings. The monoisotopic (exact) mass is 352 g/mol. The van der Waals surface area contributed by atoms with E-state index in [9.17, 15) is 14.9 Å². The largest absolute Gasteiger partial charge is 0.484 e. The summed E-state index contributed by atoms with van der Waals surface area (Å²) in [6.07, 6.45) is 0.959. The first-order valence-electron chi connectivity index (χ1n) is 8.30. The summed E-state index contributed by atoms with van der Waals surface area (Å²) in [5.74, 6) is -0.413. The van der Waals surface area contributed by atoms with Gasteiger partial charge in [0.25, 0.3) is 5.56 Å². The van der Waals surface area contributed by atoms with Gasteiger partial charge in [0.1, 0.15) is 11.4 Å². The molecule has 6 nitrogen and oxygen atoms in total. The van der Waals surface area contributed by atoms with E-state index in [2.05, 4.69) is 6.07 Å². The predicted octanol–water partition coefficient (Wildman–Crippen LogP) is 2.49. The normalized spacial score (nSPS) is 20.4. The van der Waals surface area contributed by atoms with Crippen LogP contribution in [-0.4, -0.2) is 22.2 Å². The van der Waals surface area contributed by atoms with E-state index < -0.39 is 23.6 Å². The van der Waals surface area contributed by atoms with Gasteiger partial charge in [0, 0.05) is 31.3 Å². The maximum atomic E-state index is 12.8. The number of nitriles is 1. The van der Waals surface area contributed by atoms with Crippen molar-refractivity contribution in [1.29, 1.82) is 5.26 Å². The van der Waals surface area contributed by atoms with E-state index >= 15 is 0 Å². The van der Waals surface area contributed by atoms with Gasteiger partial charge in [-0.1, -0.05) is 6.07 Å². The second kappa shape index (κ2) is 6.34. The van der Waals surface area contributed by atoms with E-state index in [1.807, 2.05) is 13.8 Å². The maximum Gasteiger partial charge on any atom is 0.303 e. The van der Waals surface area contributed by atoms with E-state index in [0.29, 0.717) is 22.4 Å². The van der Waals surface area contributed by atoms with Crippen molar-refractivity contribution in [2.24, 2.45) is 7.05 Å². The molecule has 0 spiro atoms. The molecule has 134 valence electrons. The van der Waals surface area contributed by atoms with E-state index in [1.54, 1.807) is 43.6 Å². The standard InChI is InChI=1S/C20H20N2O4/c1-12(23)25-18-17(14-6-5-9-22(4)19(14)24)15-10-13(11-21)7-8-16(15)26-20(18,2)3/h5-10,17-18H,1-4H3. The van der Waals surface area contributed by atoms with Gasteiger partial charge in [-0.15, -0.1) is 0 Å². The summed E-state index contributed by atoms with van der Waals surface area (Å²) in [4.78, 5) is 24.5. The molecule has 0 N–H and O–H groups in total. The highest BCUT2D eigenvalue weighted by atomic mass is 16.6. The summed E-state index contributed by atoms with van der Waals surface area (Å²) in [6, 6.07) is 10.7. The van der Waals surface area contributed by atoms with Gasteiger partial charge in [0.15, 0.2) is 6.10 Å². The van der Waals surface area contributed by atoms with Crippen molar-refractivity contribution in [3.63, 3.8) is 0 Å². The average molecular weight is 352 g/mol. The zero-order chi connectivity index (χ0) is 19.1. The number of carbonyl (C=O) groups is 1. The van der Waals surface area contributed by atoms with Crippen molar-refractivity contribution >= 4 is 5.97 Å². The summed E-state index contributed by atoms with van der Waals surface area (Å²) in [5, 5.41) is 9.27. The first-order valence-corrected chi connectivity index (χ1v) is 8.30. The Kier molecular flexibility index (Phi) is 4.33. The van der Waals surface area contributed by atoms with Gasteiger partial charge in [0.2, 0.25) is 0 Å². The number of pyridine rings is 1. The summed E-state index contributed by atoms with van der Waals surface area (Å²) in [7, 11) is 1.67. The van der Waals surface area contributed by atoms with E-state index in [0.717, 1.165) is 0 Å². The van der Waals surface area contributed by atoms with Crippen LogP contribution < -0.4 is 10.3 Å². The molecule has 0 bridgehead atoms. The van der Waals surface area contributed by atoms with Crippen LogP contribution in [0, 0.1) is 11.3 Å². The molecule has 1 aliphatic heterocycles. The number of nitrogens with zero attached hydrogens (tertiary/aromatic N) is 2. The highest BCUT2D eigenvalue weighted by molar-refractivity contribution is 5.67. The minimum absolute atomic E-state index is 0.180. The van der Waals surface area contributed by atoms with Crippen LogP contribution in [0.5, 0.6) is 5.75 Å². The molecule has 0 amide bonds. The predicted molar refractivity (Wildman–Crippen MR) is 94.9 cm³/mol.